The molecule has 0 saturated carbocycles. The molecule has 37 heavy (non-hydrogen) atoms. The van der Waals surface area contributed by atoms with Gasteiger partial charge in [-0.15, -0.1) is 0 Å². The summed E-state index contributed by atoms with van der Waals surface area (Å²) < 4.78 is 10.9. The number of ether oxygens (including phenoxy) is 2. The zero-order valence-electron chi connectivity index (χ0n) is 20.9. The molecule has 2 aromatic carbocycles. The molecule has 0 aromatic heterocycles. The molecule has 0 bridgehead atoms. The third kappa shape index (κ3) is 6.87. The van der Waals surface area contributed by atoms with Crippen LogP contribution in [0.1, 0.15) is 34.3 Å². The summed E-state index contributed by atoms with van der Waals surface area (Å²) in [5.74, 6) is -1.82. The average Bonchev–Trinajstić information content (AvgIpc) is 3.42. The van der Waals surface area contributed by atoms with Crippen molar-refractivity contribution in [2.75, 3.05) is 55.4 Å². The molecule has 2 aliphatic heterocycles. The van der Waals surface area contributed by atoms with Crippen molar-refractivity contribution in [3.63, 3.8) is 0 Å². The van der Waals surface area contributed by atoms with E-state index in [2.05, 4.69) is 15.5 Å². The molecule has 0 radical (unpaired) electrons. The van der Waals surface area contributed by atoms with Gasteiger partial charge in [-0.25, -0.2) is 0 Å². The van der Waals surface area contributed by atoms with Gasteiger partial charge in [0.1, 0.15) is 0 Å². The van der Waals surface area contributed by atoms with Gasteiger partial charge in [0.25, 0.3) is 11.8 Å². The lowest BCUT2D eigenvalue weighted by atomic mass is 10.0. The van der Waals surface area contributed by atoms with Gasteiger partial charge in [-0.3, -0.25) is 14.4 Å². The Balaban J connectivity index is 1.44. The van der Waals surface area contributed by atoms with Crippen molar-refractivity contribution < 1.29 is 23.9 Å². The second-order valence-corrected chi connectivity index (χ2v) is 9.21. The van der Waals surface area contributed by atoms with Crippen molar-refractivity contribution in [3.05, 3.63) is 59.2 Å². The summed E-state index contributed by atoms with van der Waals surface area (Å²) in [6, 6.07) is 10.5. The molecule has 2 aliphatic rings. The minimum absolute atomic E-state index is 0.0643. The molecular formula is C27H33N5O5. The Morgan fingerprint density at radius 2 is 1.89 bits per heavy atom. The maximum absolute atomic E-state index is 13.0. The molecule has 1 atom stereocenters. The average molecular weight is 508 g/mol. The first-order chi connectivity index (χ1) is 17.8. The van der Waals surface area contributed by atoms with Crippen molar-refractivity contribution in [3.8, 4) is 0 Å². The van der Waals surface area contributed by atoms with Crippen LogP contribution in [0.5, 0.6) is 0 Å². The van der Waals surface area contributed by atoms with Crippen molar-refractivity contribution in [1.29, 1.82) is 0 Å². The smallest absolute Gasteiger partial charge is 0.291 e. The Bertz CT molecular complexity index is 1200. The number of hydrogen-bond donors (Lipinski definition) is 4. The lowest BCUT2D eigenvalue weighted by molar-refractivity contribution is -0.135. The summed E-state index contributed by atoms with van der Waals surface area (Å²) in [6.45, 7) is 5.48. The quantitative estimate of drug-likeness (QED) is 0.240. The number of rotatable bonds is 8. The van der Waals surface area contributed by atoms with Crippen LogP contribution in [0, 0.1) is 6.92 Å². The molecule has 0 spiro atoms. The second kappa shape index (κ2) is 11.9. The minimum atomic E-state index is -0.750. The highest BCUT2D eigenvalue weighted by Crippen LogP contribution is 2.24. The molecule has 196 valence electrons. The Morgan fingerprint density at radius 3 is 2.62 bits per heavy atom. The third-order valence-corrected chi connectivity index (χ3v) is 6.41. The molecule has 2 heterocycles. The van der Waals surface area contributed by atoms with Gasteiger partial charge < -0.3 is 36.5 Å². The molecule has 0 aliphatic carbocycles. The van der Waals surface area contributed by atoms with Gasteiger partial charge in [0.2, 0.25) is 5.78 Å². The first-order valence-electron chi connectivity index (χ1n) is 12.4. The van der Waals surface area contributed by atoms with E-state index >= 15 is 0 Å². The lowest BCUT2D eigenvalue weighted by Crippen LogP contribution is -2.36. The predicted molar refractivity (Wildman–Crippen MR) is 142 cm³/mol. The fourth-order valence-corrected chi connectivity index (χ4v) is 4.37. The second-order valence-electron chi connectivity index (χ2n) is 9.21. The van der Waals surface area contributed by atoms with E-state index in [-0.39, 0.29) is 24.3 Å². The molecule has 2 saturated heterocycles. The number of nitrogens with two attached hydrogens (primary N) is 2. The molecule has 1 unspecified atom stereocenters. The Labute approximate surface area is 216 Å². The largest absolute Gasteiger partial charge is 0.399 e. The minimum Gasteiger partial charge on any atom is -0.399 e. The number of carbonyl (C=O) groups is 3. The number of nitrogens with zero attached hydrogens (tertiary/aromatic N) is 1. The monoisotopic (exact) mass is 507 g/mol. The summed E-state index contributed by atoms with van der Waals surface area (Å²) in [5, 5.41) is 5.46. The molecule has 10 nitrogen and oxygen atoms in total. The van der Waals surface area contributed by atoms with Crippen LogP contribution in [0.25, 0.3) is 5.70 Å². The molecule has 2 amide bonds. The molecular weight excluding hydrogens is 474 g/mol. The van der Waals surface area contributed by atoms with Crippen molar-refractivity contribution in [2.45, 2.75) is 25.9 Å². The van der Waals surface area contributed by atoms with E-state index in [1.807, 2.05) is 13.0 Å². The van der Waals surface area contributed by atoms with Gasteiger partial charge in [-0.05, 0) is 55.7 Å². The number of aryl methyl sites for hydroxylation is 1. The highest BCUT2D eigenvalue weighted by atomic mass is 16.5. The van der Waals surface area contributed by atoms with E-state index in [1.54, 1.807) is 30.3 Å². The van der Waals surface area contributed by atoms with Gasteiger partial charge in [0, 0.05) is 66.2 Å². The Morgan fingerprint density at radius 1 is 1.11 bits per heavy atom. The first-order valence-corrected chi connectivity index (χ1v) is 12.4. The maximum atomic E-state index is 13.0. The zero-order chi connectivity index (χ0) is 26.4. The molecule has 6 N–H and O–H groups in total. The number of nitrogens with one attached hydrogen (secondary N) is 2. The maximum Gasteiger partial charge on any atom is 0.291 e. The van der Waals surface area contributed by atoms with Crippen LogP contribution >= 0.6 is 0 Å². The standard InChI is InChI=1S/C27H33N5O5/c1-17-4-5-20(14-23(17)24(29)15-25(33)27(35)30-16-22-3-2-8-37-22)31-26(34)18-11-19(28)13-21(12-18)32-6-9-36-10-7-32/h4-5,11-15,22H,2-3,6-10,16,28-29H2,1H3,(H,30,35)(H,31,34). The van der Waals surface area contributed by atoms with Gasteiger partial charge in [0.05, 0.1) is 19.3 Å². The first kappa shape index (κ1) is 26.2. The number of hydrogen-bond acceptors (Lipinski definition) is 8. The van der Waals surface area contributed by atoms with Crippen molar-refractivity contribution >= 4 is 40.4 Å². The Kier molecular flexibility index (Phi) is 8.42. The summed E-state index contributed by atoms with van der Waals surface area (Å²) >= 11 is 0. The topological polar surface area (TPSA) is 149 Å². The van der Waals surface area contributed by atoms with Crippen LogP contribution in [0.3, 0.4) is 0 Å². The SMILES string of the molecule is Cc1ccc(NC(=O)c2cc(N)cc(N3CCOCC3)c2)cc1C(N)=CC(=O)C(=O)NCC1CCCO1. The van der Waals surface area contributed by atoms with Crippen LogP contribution in [-0.4, -0.2) is 63.2 Å². The molecule has 2 fully saturated rings. The van der Waals surface area contributed by atoms with Gasteiger partial charge in [-0.1, -0.05) is 6.07 Å². The Hall–Kier alpha value is -3.89. The highest BCUT2D eigenvalue weighted by molar-refractivity contribution is 6.41. The number of ketones is 1. The van der Waals surface area contributed by atoms with E-state index in [0.717, 1.165) is 43.3 Å². The molecule has 2 aromatic rings. The van der Waals surface area contributed by atoms with E-state index < -0.39 is 11.7 Å². The fourth-order valence-electron chi connectivity index (χ4n) is 4.37. The third-order valence-electron chi connectivity index (χ3n) is 6.41. The zero-order valence-corrected chi connectivity index (χ0v) is 20.9. The van der Waals surface area contributed by atoms with Crippen molar-refractivity contribution in [2.24, 2.45) is 5.73 Å². The van der Waals surface area contributed by atoms with E-state index in [1.165, 1.54) is 0 Å². The van der Waals surface area contributed by atoms with Crippen LogP contribution in [0.15, 0.2) is 42.5 Å². The van der Waals surface area contributed by atoms with Crippen LogP contribution in [0.4, 0.5) is 17.1 Å². The molecule has 10 heteroatoms. The van der Waals surface area contributed by atoms with Gasteiger partial charge in [0.15, 0.2) is 0 Å². The fraction of sp³-hybridized carbons (Fsp3) is 0.370. The van der Waals surface area contributed by atoms with Crippen LogP contribution in [-0.2, 0) is 19.1 Å². The number of benzene rings is 2. The van der Waals surface area contributed by atoms with Gasteiger partial charge >= 0.3 is 0 Å². The van der Waals surface area contributed by atoms with Crippen LogP contribution in [0.2, 0.25) is 0 Å². The summed E-state index contributed by atoms with van der Waals surface area (Å²) in [6.07, 6.45) is 2.84. The number of anilines is 3. The lowest BCUT2D eigenvalue weighted by Gasteiger charge is -2.29. The van der Waals surface area contributed by atoms with E-state index in [4.69, 9.17) is 20.9 Å². The van der Waals surface area contributed by atoms with Crippen LogP contribution < -0.4 is 27.0 Å². The number of amides is 2. The summed E-state index contributed by atoms with van der Waals surface area (Å²) in [5.41, 5.74) is 16.0. The highest BCUT2D eigenvalue weighted by Gasteiger charge is 2.19. The van der Waals surface area contributed by atoms with Gasteiger partial charge in [-0.2, -0.15) is 0 Å². The predicted octanol–water partition coefficient (Wildman–Crippen LogP) is 1.83. The number of nitrogen functional groups attached to an aromatic ring is 1. The number of morpholine rings is 1. The van der Waals surface area contributed by atoms with E-state index in [9.17, 15) is 14.4 Å². The van der Waals surface area contributed by atoms with Crippen molar-refractivity contribution in [1.82, 2.24) is 5.32 Å². The van der Waals surface area contributed by atoms with E-state index in [0.29, 0.717) is 42.3 Å². The summed E-state index contributed by atoms with van der Waals surface area (Å²) in [7, 11) is 0. The summed E-state index contributed by atoms with van der Waals surface area (Å²) in [4.78, 5) is 39.7. The number of carbonyl (C=O) groups excluding carboxylic acids is 3. The molecule has 4 rings (SSSR count). The normalized spacial score (nSPS) is 17.9.